The number of rotatable bonds is 8. The number of aryl methyl sites for hydroxylation is 1. The van der Waals surface area contributed by atoms with Gasteiger partial charge in [-0.1, -0.05) is 30.3 Å². The van der Waals surface area contributed by atoms with Gasteiger partial charge >= 0.3 is 0 Å². The van der Waals surface area contributed by atoms with E-state index in [0.717, 1.165) is 29.8 Å². The zero-order chi connectivity index (χ0) is 27.9. The first-order valence-corrected chi connectivity index (χ1v) is 12.1. The lowest BCUT2D eigenvalue weighted by molar-refractivity contribution is -0.384. The Bertz CT molecular complexity index is 1690. The summed E-state index contributed by atoms with van der Waals surface area (Å²) < 4.78 is 8.07. The first-order valence-electron chi connectivity index (χ1n) is 12.1. The summed E-state index contributed by atoms with van der Waals surface area (Å²) in [6, 6.07) is 19.9. The number of aromatic amines is 1. The minimum absolute atomic E-state index is 0.110. The molecule has 39 heavy (non-hydrogen) atoms. The number of nitrogens with one attached hydrogen (secondary N) is 1. The van der Waals surface area contributed by atoms with Crippen LogP contribution in [-0.2, 0) is 17.9 Å². The molecule has 11 nitrogen and oxygen atoms in total. The Balaban J connectivity index is 0.000000826. The number of benzene rings is 3. The second-order valence-electron chi connectivity index (χ2n) is 8.72. The van der Waals surface area contributed by atoms with Crippen molar-refractivity contribution < 1.29 is 19.6 Å². The van der Waals surface area contributed by atoms with Gasteiger partial charge in [-0.2, -0.15) is 0 Å². The van der Waals surface area contributed by atoms with Gasteiger partial charge in [0, 0.05) is 48.3 Å². The lowest BCUT2D eigenvalue weighted by Gasteiger charge is -2.08. The molecule has 5 aromatic rings. The second kappa shape index (κ2) is 12.0. The smallest absolute Gasteiger partial charge is 0.300 e. The second-order valence-corrected chi connectivity index (χ2v) is 8.72. The third kappa shape index (κ3) is 6.46. The molecule has 0 spiro atoms. The van der Waals surface area contributed by atoms with Crippen LogP contribution in [0.25, 0.3) is 33.2 Å². The molecule has 0 unspecified atom stereocenters. The minimum atomic E-state index is -0.833. The number of fused-ring (bicyclic) bond motifs is 2. The van der Waals surface area contributed by atoms with Gasteiger partial charge in [-0.05, 0) is 42.8 Å². The normalized spacial score (nSPS) is 10.7. The van der Waals surface area contributed by atoms with Crippen molar-refractivity contribution in [3.05, 3.63) is 99.0 Å². The average molecular weight is 530 g/mol. The van der Waals surface area contributed by atoms with E-state index in [4.69, 9.17) is 20.4 Å². The Morgan fingerprint density at radius 2 is 1.90 bits per heavy atom. The van der Waals surface area contributed by atoms with Crippen LogP contribution in [0.15, 0.2) is 77.7 Å². The van der Waals surface area contributed by atoms with Crippen molar-refractivity contribution in [3.8, 4) is 17.0 Å². The topological polar surface area (TPSA) is 166 Å². The molecule has 0 saturated heterocycles. The maximum Gasteiger partial charge on any atom is 0.300 e. The van der Waals surface area contributed by atoms with Crippen LogP contribution < -0.4 is 16.0 Å². The number of aromatic nitrogens is 3. The van der Waals surface area contributed by atoms with E-state index >= 15 is 0 Å². The summed E-state index contributed by atoms with van der Waals surface area (Å²) in [7, 11) is 0. The monoisotopic (exact) mass is 529 g/mol. The van der Waals surface area contributed by atoms with Crippen LogP contribution in [0.5, 0.6) is 5.75 Å². The SMILES string of the molecule is CC(=O)O.NCCCn1cc(-c2nc3ccc([N+](=O)[O-])cc3[nH]c2=O)c2cc(OCc3ccccc3)ccc21. The lowest BCUT2D eigenvalue weighted by atomic mass is 10.1. The first kappa shape index (κ1) is 27.0. The number of ether oxygens (including phenoxy) is 1. The molecule has 0 aliphatic carbocycles. The van der Waals surface area contributed by atoms with Gasteiger partial charge in [-0.15, -0.1) is 0 Å². The zero-order valence-electron chi connectivity index (χ0n) is 21.2. The highest BCUT2D eigenvalue weighted by molar-refractivity contribution is 5.96. The van der Waals surface area contributed by atoms with Crippen molar-refractivity contribution in [2.24, 2.45) is 5.73 Å². The van der Waals surface area contributed by atoms with E-state index in [0.29, 0.717) is 42.0 Å². The van der Waals surface area contributed by atoms with E-state index in [9.17, 15) is 14.9 Å². The Labute approximate surface area is 222 Å². The predicted molar refractivity (Wildman–Crippen MR) is 148 cm³/mol. The van der Waals surface area contributed by atoms with Gasteiger partial charge in [0.2, 0.25) is 0 Å². The summed E-state index contributed by atoms with van der Waals surface area (Å²) in [5, 5.41) is 19.3. The Hall–Kier alpha value is -5.03. The number of carbonyl (C=O) groups is 1. The third-order valence-corrected chi connectivity index (χ3v) is 5.85. The van der Waals surface area contributed by atoms with Crippen molar-refractivity contribution in [3.63, 3.8) is 0 Å². The van der Waals surface area contributed by atoms with Gasteiger partial charge in [0.15, 0.2) is 0 Å². The van der Waals surface area contributed by atoms with Crippen molar-refractivity contribution in [2.75, 3.05) is 6.54 Å². The maximum atomic E-state index is 13.0. The molecular weight excluding hydrogens is 502 g/mol. The number of nitrogens with zero attached hydrogens (tertiary/aromatic N) is 3. The maximum absolute atomic E-state index is 13.0. The number of hydrogen-bond donors (Lipinski definition) is 3. The van der Waals surface area contributed by atoms with Gasteiger partial charge in [0.1, 0.15) is 18.1 Å². The largest absolute Gasteiger partial charge is 0.489 e. The fourth-order valence-electron chi connectivity index (χ4n) is 4.11. The number of hydrogen-bond acceptors (Lipinski definition) is 7. The van der Waals surface area contributed by atoms with Crippen molar-refractivity contribution in [2.45, 2.75) is 26.5 Å². The van der Waals surface area contributed by atoms with Crippen LogP contribution in [0, 0.1) is 10.1 Å². The molecule has 0 amide bonds. The molecule has 0 atom stereocenters. The molecule has 0 fully saturated rings. The molecule has 5 rings (SSSR count). The van der Waals surface area contributed by atoms with Crippen LogP contribution >= 0.6 is 0 Å². The summed E-state index contributed by atoms with van der Waals surface area (Å²) in [5.74, 6) is -0.160. The molecule has 200 valence electrons. The third-order valence-electron chi connectivity index (χ3n) is 5.85. The zero-order valence-corrected chi connectivity index (χ0v) is 21.2. The molecule has 0 aliphatic rings. The van der Waals surface area contributed by atoms with E-state index < -0.39 is 16.5 Å². The van der Waals surface area contributed by atoms with E-state index in [2.05, 4.69) is 14.5 Å². The summed E-state index contributed by atoms with van der Waals surface area (Å²) in [5.41, 5.74) is 8.85. The first-order chi connectivity index (χ1) is 18.8. The van der Waals surface area contributed by atoms with Crippen LogP contribution in [0.1, 0.15) is 18.9 Å². The lowest BCUT2D eigenvalue weighted by Crippen LogP contribution is -2.11. The number of aliphatic carboxylic acids is 1. The molecule has 0 aliphatic heterocycles. The van der Waals surface area contributed by atoms with Gasteiger partial charge < -0.3 is 25.1 Å². The van der Waals surface area contributed by atoms with Gasteiger partial charge in [-0.25, -0.2) is 4.98 Å². The highest BCUT2D eigenvalue weighted by atomic mass is 16.6. The Morgan fingerprint density at radius 1 is 1.15 bits per heavy atom. The van der Waals surface area contributed by atoms with Crippen LogP contribution in [-0.4, -0.2) is 37.1 Å². The molecule has 0 radical (unpaired) electrons. The van der Waals surface area contributed by atoms with Crippen LogP contribution in [0.3, 0.4) is 0 Å². The van der Waals surface area contributed by atoms with Gasteiger partial charge in [-0.3, -0.25) is 19.7 Å². The fourth-order valence-corrected chi connectivity index (χ4v) is 4.11. The minimum Gasteiger partial charge on any atom is -0.489 e. The van der Waals surface area contributed by atoms with Crippen LogP contribution in [0.4, 0.5) is 5.69 Å². The summed E-state index contributed by atoms with van der Waals surface area (Å²) in [6.45, 7) is 2.74. The quantitative estimate of drug-likeness (QED) is 0.195. The van der Waals surface area contributed by atoms with Crippen molar-refractivity contribution >= 4 is 33.6 Å². The predicted octanol–water partition coefficient (Wildman–Crippen LogP) is 4.47. The fraction of sp³-hybridized carbons (Fsp3) is 0.179. The summed E-state index contributed by atoms with van der Waals surface area (Å²) >= 11 is 0. The summed E-state index contributed by atoms with van der Waals surface area (Å²) in [6.07, 6.45) is 2.68. The summed E-state index contributed by atoms with van der Waals surface area (Å²) in [4.78, 5) is 39.9. The standard InChI is InChI=1S/C26H23N5O4.C2H4O2/c27-11-4-12-30-15-21(25-26(32)29-23-13-18(31(33)34)7-9-22(23)28-25)20-14-19(8-10-24(20)30)35-16-17-5-2-1-3-6-17;1-2(3)4/h1-3,5-10,13-15H,4,11-12,16,27H2,(H,29,32);1H3,(H,3,4). The van der Waals surface area contributed by atoms with E-state index in [1.165, 1.54) is 18.2 Å². The Morgan fingerprint density at radius 3 is 2.59 bits per heavy atom. The average Bonchev–Trinajstić information content (AvgIpc) is 3.27. The number of non-ortho nitro benzene ring substituents is 1. The highest BCUT2D eigenvalue weighted by Gasteiger charge is 2.17. The molecule has 2 heterocycles. The molecule has 4 N–H and O–H groups in total. The number of nitrogens with two attached hydrogens (primary N) is 1. The molecule has 0 saturated carbocycles. The van der Waals surface area contributed by atoms with Crippen molar-refractivity contribution in [1.82, 2.24) is 14.5 Å². The van der Waals surface area contributed by atoms with E-state index in [-0.39, 0.29) is 11.4 Å². The van der Waals surface area contributed by atoms with Crippen molar-refractivity contribution in [1.29, 1.82) is 0 Å². The van der Waals surface area contributed by atoms with E-state index in [1.54, 1.807) is 0 Å². The molecule has 2 aromatic heterocycles. The van der Waals surface area contributed by atoms with Gasteiger partial charge in [0.25, 0.3) is 17.2 Å². The number of H-pyrrole nitrogens is 1. The number of nitro benzene ring substituents is 1. The van der Waals surface area contributed by atoms with Crippen LogP contribution in [0.2, 0.25) is 0 Å². The number of carboxylic acid groups (broad SMARTS) is 1. The number of nitro groups is 1. The molecule has 0 bridgehead atoms. The van der Waals surface area contributed by atoms with Gasteiger partial charge in [0.05, 0.1) is 16.0 Å². The Kier molecular flexibility index (Phi) is 8.32. The molecule has 11 heteroatoms. The molecular formula is C28H27N5O6. The highest BCUT2D eigenvalue weighted by Crippen LogP contribution is 2.32. The number of carboxylic acids is 1. The van der Waals surface area contributed by atoms with E-state index in [1.807, 2.05) is 54.7 Å². The molecule has 3 aromatic carbocycles.